The molecule has 0 aliphatic carbocycles. The van der Waals surface area contributed by atoms with E-state index in [1.165, 1.54) is 0 Å². The molecule has 1 aromatic carbocycles. The molecule has 0 spiro atoms. The van der Waals surface area contributed by atoms with Gasteiger partial charge in [0, 0.05) is 12.6 Å². The Labute approximate surface area is 132 Å². The topological polar surface area (TPSA) is 83.0 Å². The molecule has 0 amide bonds. The van der Waals surface area contributed by atoms with Crippen molar-refractivity contribution < 1.29 is 14.1 Å². The molecule has 0 aliphatic rings. The van der Waals surface area contributed by atoms with E-state index in [4.69, 9.17) is 9.26 Å². The van der Waals surface area contributed by atoms with Gasteiger partial charge in [-0.15, -0.1) is 0 Å². The SMILES string of the molecule is Cc1noc(COC(=O)CCc2cnn(-c3ccccc3)c2)n1. The lowest BCUT2D eigenvalue weighted by atomic mass is 10.2. The molecule has 0 N–H and O–H groups in total. The van der Waals surface area contributed by atoms with Crippen molar-refractivity contribution in [3.63, 3.8) is 0 Å². The number of para-hydroxylation sites is 1. The minimum absolute atomic E-state index is 0.00293. The Morgan fingerprint density at radius 1 is 1.30 bits per heavy atom. The second-order valence-corrected chi connectivity index (χ2v) is 5.02. The zero-order valence-corrected chi connectivity index (χ0v) is 12.7. The molecular formula is C16H16N4O3. The van der Waals surface area contributed by atoms with E-state index in [1.54, 1.807) is 17.8 Å². The van der Waals surface area contributed by atoms with E-state index in [0.717, 1.165) is 11.3 Å². The number of aryl methyl sites for hydroxylation is 2. The molecule has 2 aromatic heterocycles. The molecule has 3 aromatic rings. The van der Waals surface area contributed by atoms with Crippen molar-refractivity contribution in [1.82, 2.24) is 19.9 Å². The van der Waals surface area contributed by atoms with E-state index in [2.05, 4.69) is 15.2 Å². The summed E-state index contributed by atoms with van der Waals surface area (Å²) in [7, 11) is 0. The fourth-order valence-electron chi connectivity index (χ4n) is 2.07. The zero-order chi connectivity index (χ0) is 16.1. The van der Waals surface area contributed by atoms with Crippen molar-refractivity contribution in [3.05, 3.63) is 60.0 Å². The summed E-state index contributed by atoms with van der Waals surface area (Å²) in [5.74, 6) is 0.505. The lowest BCUT2D eigenvalue weighted by Gasteiger charge is -2.01. The second kappa shape index (κ2) is 6.87. The van der Waals surface area contributed by atoms with Crippen molar-refractivity contribution >= 4 is 5.97 Å². The summed E-state index contributed by atoms with van der Waals surface area (Å²) in [5.41, 5.74) is 1.95. The monoisotopic (exact) mass is 312 g/mol. The first-order chi connectivity index (χ1) is 11.2. The Morgan fingerprint density at radius 3 is 2.87 bits per heavy atom. The van der Waals surface area contributed by atoms with Crippen LogP contribution >= 0.6 is 0 Å². The number of carbonyl (C=O) groups excluding carboxylic acids is 1. The highest BCUT2D eigenvalue weighted by molar-refractivity contribution is 5.69. The molecular weight excluding hydrogens is 296 g/mol. The van der Waals surface area contributed by atoms with Crippen LogP contribution in [0.3, 0.4) is 0 Å². The molecule has 7 nitrogen and oxygen atoms in total. The fraction of sp³-hybridized carbons (Fsp3) is 0.250. The number of benzene rings is 1. The Kier molecular flexibility index (Phi) is 4.46. The van der Waals surface area contributed by atoms with Crippen molar-refractivity contribution in [2.75, 3.05) is 0 Å². The first-order valence-corrected chi connectivity index (χ1v) is 7.24. The Balaban J connectivity index is 1.48. The molecule has 0 radical (unpaired) electrons. The molecule has 2 heterocycles. The number of esters is 1. The number of rotatable bonds is 6. The molecule has 0 fully saturated rings. The van der Waals surface area contributed by atoms with E-state index in [9.17, 15) is 4.79 Å². The van der Waals surface area contributed by atoms with Crippen LogP contribution in [0.25, 0.3) is 5.69 Å². The van der Waals surface area contributed by atoms with Crippen molar-refractivity contribution in [2.24, 2.45) is 0 Å². The number of ether oxygens (including phenoxy) is 1. The van der Waals surface area contributed by atoms with Crippen LogP contribution < -0.4 is 0 Å². The lowest BCUT2D eigenvalue weighted by Crippen LogP contribution is -2.06. The van der Waals surface area contributed by atoms with Gasteiger partial charge < -0.3 is 9.26 Å². The predicted octanol–water partition coefficient (Wildman–Crippen LogP) is 2.24. The summed E-state index contributed by atoms with van der Waals surface area (Å²) < 4.78 is 11.7. The van der Waals surface area contributed by atoms with Crippen LogP contribution in [0.1, 0.15) is 23.7 Å². The summed E-state index contributed by atoms with van der Waals surface area (Å²) in [4.78, 5) is 15.7. The number of aromatic nitrogens is 4. The minimum atomic E-state index is -0.312. The molecule has 7 heteroatoms. The Bertz CT molecular complexity index is 779. The van der Waals surface area contributed by atoms with Gasteiger partial charge in [-0.1, -0.05) is 23.4 Å². The maximum atomic E-state index is 11.7. The van der Waals surface area contributed by atoms with Gasteiger partial charge in [0.2, 0.25) is 0 Å². The van der Waals surface area contributed by atoms with Gasteiger partial charge in [-0.2, -0.15) is 10.1 Å². The molecule has 0 atom stereocenters. The summed E-state index contributed by atoms with van der Waals surface area (Å²) >= 11 is 0. The van der Waals surface area contributed by atoms with Gasteiger partial charge in [0.1, 0.15) is 0 Å². The van der Waals surface area contributed by atoms with E-state index < -0.39 is 0 Å². The molecule has 0 unspecified atom stereocenters. The van der Waals surface area contributed by atoms with Crippen molar-refractivity contribution in [1.29, 1.82) is 0 Å². The summed E-state index contributed by atoms with van der Waals surface area (Å²) in [6.45, 7) is 1.71. The van der Waals surface area contributed by atoms with Gasteiger partial charge in [-0.25, -0.2) is 4.68 Å². The van der Waals surface area contributed by atoms with Gasteiger partial charge in [-0.05, 0) is 31.0 Å². The number of hydrogen-bond donors (Lipinski definition) is 0. The van der Waals surface area contributed by atoms with E-state index in [-0.39, 0.29) is 19.0 Å². The van der Waals surface area contributed by atoms with E-state index in [1.807, 2.05) is 36.5 Å². The smallest absolute Gasteiger partial charge is 0.306 e. The van der Waals surface area contributed by atoms with Crippen LogP contribution in [0.5, 0.6) is 0 Å². The van der Waals surface area contributed by atoms with Crippen molar-refractivity contribution in [2.45, 2.75) is 26.4 Å². The summed E-state index contributed by atoms with van der Waals surface area (Å²) in [6, 6.07) is 9.80. The molecule has 0 bridgehead atoms. The Morgan fingerprint density at radius 2 is 2.13 bits per heavy atom. The van der Waals surface area contributed by atoms with Gasteiger partial charge in [-0.3, -0.25) is 4.79 Å². The normalized spacial score (nSPS) is 10.7. The highest BCUT2D eigenvalue weighted by atomic mass is 16.6. The van der Waals surface area contributed by atoms with Gasteiger partial charge >= 0.3 is 5.97 Å². The molecule has 118 valence electrons. The largest absolute Gasteiger partial charge is 0.456 e. The summed E-state index contributed by atoms with van der Waals surface area (Å²) in [6.07, 6.45) is 4.49. The number of carbonyl (C=O) groups is 1. The fourth-order valence-corrected chi connectivity index (χ4v) is 2.07. The standard InChI is InChI=1S/C16H16N4O3/c1-12-18-15(23-19-12)11-22-16(21)8-7-13-9-17-20(10-13)14-5-3-2-4-6-14/h2-6,9-10H,7-8,11H2,1H3. The van der Waals surface area contributed by atoms with Crippen LogP contribution in [0, 0.1) is 6.92 Å². The molecule has 0 saturated carbocycles. The van der Waals surface area contributed by atoms with Crippen LogP contribution in [-0.2, 0) is 22.6 Å². The minimum Gasteiger partial charge on any atom is -0.456 e. The first kappa shape index (κ1) is 15.0. The number of hydrogen-bond acceptors (Lipinski definition) is 6. The average Bonchev–Trinajstić information content (AvgIpc) is 3.21. The highest BCUT2D eigenvalue weighted by Crippen LogP contribution is 2.10. The summed E-state index contributed by atoms with van der Waals surface area (Å²) in [5, 5.41) is 7.92. The lowest BCUT2D eigenvalue weighted by molar-refractivity contribution is -0.145. The van der Waals surface area contributed by atoms with E-state index >= 15 is 0 Å². The predicted molar refractivity (Wildman–Crippen MR) is 80.7 cm³/mol. The third-order valence-corrected chi connectivity index (χ3v) is 3.20. The highest BCUT2D eigenvalue weighted by Gasteiger charge is 2.09. The van der Waals surface area contributed by atoms with Crippen LogP contribution in [0.15, 0.2) is 47.2 Å². The maximum absolute atomic E-state index is 11.7. The van der Waals surface area contributed by atoms with Crippen molar-refractivity contribution in [3.8, 4) is 5.69 Å². The van der Waals surface area contributed by atoms with Crippen LogP contribution in [-0.4, -0.2) is 25.9 Å². The molecule has 0 saturated heterocycles. The van der Waals surface area contributed by atoms with Gasteiger partial charge in [0.05, 0.1) is 11.9 Å². The molecule has 0 aliphatic heterocycles. The molecule has 3 rings (SSSR count). The third kappa shape index (κ3) is 4.03. The third-order valence-electron chi connectivity index (χ3n) is 3.20. The quantitative estimate of drug-likeness (QED) is 0.649. The first-order valence-electron chi connectivity index (χ1n) is 7.24. The van der Waals surface area contributed by atoms with Gasteiger partial charge in [0.25, 0.3) is 5.89 Å². The van der Waals surface area contributed by atoms with Crippen LogP contribution in [0.2, 0.25) is 0 Å². The van der Waals surface area contributed by atoms with E-state index in [0.29, 0.717) is 18.1 Å². The number of nitrogens with zero attached hydrogens (tertiary/aromatic N) is 4. The van der Waals surface area contributed by atoms with Gasteiger partial charge in [0.15, 0.2) is 12.4 Å². The zero-order valence-electron chi connectivity index (χ0n) is 12.7. The Hall–Kier alpha value is -2.96. The average molecular weight is 312 g/mol. The maximum Gasteiger partial charge on any atom is 0.306 e. The second-order valence-electron chi connectivity index (χ2n) is 5.02. The molecule has 23 heavy (non-hydrogen) atoms. The van der Waals surface area contributed by atoms with Crippen LogP contribution in [0.4, 0.5) is 0 Å².